The van der Waals surface area contributed by atoms with Crippen LogP contribution >= 0.6 is 25.3 Å². The van der Waals surface area contributed by atoms with Gasteiger partial charge in [-0.15, -0.1) is 0 Å². The van der Waals surface area contributed by atoms with E-state index in [0.717, 1.165) is 0 Å². The Morgan fingerprint density at radius 1 is 1.54 bits per heavy atom. The zero-order valence-electron chi connectivity index (χ0n) is 7.44. The van der Waals surface area contributed by atoms with E-state index in [-0.39, 0.29) is 5.75 Å². The van der Waals surface area contributed by atoms with Crippen molar-refractivity contribution in [1.82, 2.24) is 5.32 Å². The number of amides is 1. The summed E-state index contributed by atoms with van der Waals surface area (Å²) in [6.07, 6.45) is 0. The second-order valence-corrected chi connectivity index (χ2v) is 4.62. The SMILES string of the molecule is CC(C)(S)C(NC(=O)CS)C(=O)O. The van der Waals surface area contributed by atoms with Gasteiger partial charge in [0.1, 0.15) is 6.04 Å². The second-order valence-electron chi connectivity index (χ2n) is 3.15. The van der Waals surface area contributed by atoms with Crippen molar-refractivity contribution in [2.24, 2.45) is 0 Å². The van der Waals surface area contributed by atoms with Crippen LogP contribution in [0.4, 0.5) is 0 Å². The fourth-order valence-electron chi connectivity index (χ4n) is 0.747. The number of carboxylic acid groups (broad SMARTS) is 1. The van der Waals surface area contributed by atoms with Gasteiger partial charge in [-0.05, 0) is 13.8 Å². The van der Waals surface area contributed by atoms with Gasteiger partial charge in [-0.2, -0.15) is 25.3 Å². The summed E-state index contributed by atoms with van der Waals surface area (Å²) in [6.45, 7) is 3.24. The third-order valence-corrected chi connectivity index (χ3v) is 1.95. The van der Waals surface area contributed by atoms with E-state index in [1.165, 1.54) is 0 Å². The van der Waals surface area contributed by atoms with Gasteiger partial charge >= 0.3 is 5.97 Å². The molecule has 0 radical (unpaired) electrons. The van der Waals surface area contributed by atoms with E-state index in [2.05, 4.69) is 30.6 Å². The quantitative estimate of drug-likeness (QED) is 0.515. The molecule has 1 atom stereocenters. The fraction of sp³-hybridized carbons (Fsp3) is 0.714. The molecule has 0 bridgehead atoms. The van der Waals surface area contributed by atoms with Crippen LogP contribution in [0.2, 0.25) is 0 Å². The van der Waals surface area contributed by atoms with E-state index in [9.17, 15) is 9.59 Å². The lowest BCUT2D eigenvalue weighted by atomic mass is 10.0. The number of hydrogen-bond acceptors (Lipinski definition) is 4. The van der Waals surface area contributed by atoms with Crippen molar-refractivity contribution in [1.29, 1.82) is 0 Å². The Bertz CT molecular complexity index is 212. The molecule has 0 rings (SSSR count). The number of aliphatic carboxylic acids is 1. The fourth-order valence-corrected chi connectivity index (χ4v) is 1.01. The van der Waals surface area contributed by atoms with Crippen LogP contribution in [0.5, 0.6) is 0 Å². The smallest absolute Gasteiger partial charge is 0.327 e. The van der Waals surface area contributed by atoms with Crippen LogP contribution in [0.25, 0.3) is 0 Å². The van der Waals surface area contributed by atoms with Crippen LogP contribution in [-0.4, -0.2) is 33.5 Å². The van der Waals surface area contributed by atoms with Crippen LogP contribution in [0.1, 0.15) is 13.8 Å². The molecule has 0 aromatic rings. The Balaban J connectivity index is 4.46. The first-order valence-corrected chi connectivity index (χ1v) is 4.72. The average molecular weight is 223 g/mol. The normalized spacial score (nSPS) is 13.5. The Kier molecular flexibility index (Phi) is 4.63. The standard InChI is InChI=1S/C7H13NO3S2/c1-7(2,13)5(6(10)11)8-4(9)3-12/h5,12-13H,3H2,1-2H3,(H,8,9)(H,10,11). The molecule has 0 aliphatic heterocycles. The zero-order valence-corrected chi connectivity index (χ0v) is 9.23. The monoisotopic (exact) mass is 223 g/mol. The minimum absolute atomic E-state index is 0.0341. The predicted octanol–water partition coefficient (Wildman–Crippen LogP) is 0.194. The largest absolute Gasteiger partial charge is 0.480 e. The number of carboxylic acids is 1. The van der Waals surface area contributed by atoms with E-state index in [0.29, 0.717) is 0 Å². The Morgan fingerprint density at radius 3 is 2.23 bits per heavy atom. The first-order chi connectivity index (χ1) is 5.79. The van der Waals surface area contributed by atoms with Crippen molar-refractivity contribution in [3.63, 3.8) is 0 Å². The van der Waals surface area contributed by atoms with Crippen molar-refractivity contribution < 1.29 is 14.7 Å². The molecule has 76 valence electrons. The van der Waals surface area contributed by atoms with Gasteiger partial charge in [0.2, 0.25) is 5.91 Å². The molecule has 13 heavy (non-hydrogen) atoms. The maximum absolute atomic E-state index is 10.9. The number of carbonyl (C=O) groups is 2. The molecule has 1 amide bonds. The number of thiol groups is 2. The summed E-state index contributed by atoms with van der Waals surface area (Å²) in [5, 5.41) is 11.1. The summed E-state index contributed by atoms with van der Waals surface area (Å²) in [5.74, 6) is -1.55. The zero-order chi connectivity index (χ0) is 10.6. The van der Waals surface area contributed by atoms with E-state index >= 15 is 0 Å². The summed E-state index contributed by atoms with van der Waals surface area (Å²) in [4.78, 5) is 21.6. The van der Waals surface area contributed by atoms with E-state index < -0.39 is 22.7 Å². The molecule has 1 unspecified atom stereocenters. The summed E-state index contributed by atoms with van der Waals surface area (Å²) in [5.41, 5.74) is 0. The van der Waals surface area contributed by atoms with Gasteiger partial charge in [-0.25, -0.2) is 4.79 Å². The third kappa shape index (κ3) is 4.42. The Morgan fingerprint density at radius 2 is 2.00 bits per heavy atom. The maximum atomic E-state index is 10.9. The molecular weight excluding hydrogens is 210 g/mol. The second kappa shape index (κ2) is 4.76. The van der Waals surface area contributed by atoms with Crippen LogP contribution in [0, 0.1) is 0 Å². The molecule has 0 aliphatic rings. The molecule has 0 saturated carbocycles. The van der Waals surface area contributed by atoms with Gasteiger partial charge < -0.3 is 10.4 Å². The van der Waals surface area contributed by atoms with Crippen molar-refractivity contribution in [3.8, 4) is 0 Å². The Hall–Kier alpha value is -0.360. The minimum Gasteiger partial charge on any atom is -0.480 e. The van der Waals surface area contributed by atoms with E-state index in [1.54, 1.807) is 13.8 Å². The Labute approximate surface area is 87.9 Å². The molecule has 0 heterocycles. The van der Waals surface area contributed by atoms with Gasteiger partial charge in [0.05, 0.1) is 5.75 Å². The molecule has 0 saturated heterocycles. The van der Waals surface area contributed by atoms with Gasteiger partial charge in [-0.1, -0.05) is 0 Å². The first kappa shape index (κ1) is 12.6. The molecule has 0 fully saturated rings. The molecule has 0 spiro atoms. The van der Waals surface area contributed by atoms with Gasteiger partial charge in [-0.3, -0.25) is 4.79 Å². The van der Waals surface area contributed by atoms with E-state index in [1.807, 2.05) is 0 Å². The summed E-state index contributed by atoms with van der Waals surface area (Å²) >= 11 is 7.81. The van der Waals surface area contributed by atoms with Crippen molar-refractivity contribution in [2.75, 3.05) is 5.75 Å². The highest BCUT2D eigenvalue weighted by molar-refractivity contribution is 7.82. The molecule has 2 N–H and O–H groups in total. The van der Waals surface area contributed by atoms with Crippen LogP contribution in [0.3, 0.4) is 0 Å². The highest BCUT2D eigenvalue weighted by Crippen LogP contribution is 2.17. The molecule has 6 heteroatoms. The minimum atomic E-state index is -1.10. The first-order valence-electron chi connectivity index (χ1n) is 3.64. The lowest BCUT2D eigenvalue weighted by Gasteiger charge is -2.26. The molecular formula is C7H13NO3S2. The van der Waals surface area contributed by atoms with Crippen molar-refractivity contribution >= 4 is 37.1 Å². The predicted molar refractivity (Wildman–Crippen MR) is 56.5 cm³/mol. The lowest BCUT2D eigenvalue weighted by molar-refractivity contribution is -0.142. The number of rotatable bonds is 4. The highest BCUT2D eigenvalue weighted by Gasteiger charge is 2.33. The van der Waals surface area contributed by atoms with Gasteiger partial charge in [0.25, 0.3) is 0 Å². The molecule has 0 aliphatic carbocycles. The van der Waals surface area contributed by atoms with Crippen molar-refractivity contribution in [2.45, 2.75) is 24.6 Å². The maximum Gasteiger partial charge on any atom is 0.327 e. The topological polar surface area (TPSA) is 66.4 Å². The summed E-state index contributed by atoms with van der Waals surface area (Å²) in [6, 6.07) is -1.00. The molecule has 0 aromatic heterocycles. The van der Waals surface area contributed by atoms with Gasteiger partial charge in [0, 0.05) is 4.75 Å². The summed E-state index contributed by atoms with van der Waals surface area (Å²) in [7, 11) is 0. The molecule has 4 nitrogen and oxygen atoms in total. The number of nitrogens with one attached hydrogen (secondary N) is 1. The van der Waals surface area contributed by atoms with E-state index in [4.69, 9.17) is 5.11 Å². The lowest BCUT2D eigenvalue weighted by Crippen LogP contribution is -2.51. The third-order valence-electron chi connectivity index (χ3n) is 1.40. The average Bonchev–Trinajstić information content (AvgIpc) is 1.96. The number of carbonyl (C=O) groups excluding carboxylic acids is 1. The van der Waals surface area contributed by atoms with Crippen LogP contribution < -0.4 is 5.32 Å². The van der Waals surface area contributed by atoms with Gasteiger partial charge in [0.15, 0.2) is 0 Å². The highest BCUT2D eigenvalue weighted by atomic mass is 32.1. The summed E-state index contributed by atoms with van der Waals surface area (Å²) < 4.78 is -0.801. The van der Waals surface area contributed by atoms with Crippen LogP contribution in [0.15, 0.2) is 0 Å². The molecule has 0 aromatic carbocycles. The number of hydrogen-bond donors (Lipinski definition) is 4. The van der Waals surface area contributed by atoms with Crippen LogP contribution in [-0.2, 0) is 9.59 Å². The van der Waals surface area contributed by atoms with Crippen molar-refractivity contribution in [3.05, 3.63) is 0 Å².